The van der Waals surface area contributed by atoms with Gasteiger partial charge in [-0.2, -0.15) is 0 Å². The fourth-order valence-corrected chi connectivity index (χ4v) is 4.54. The number of likely N-dealkylation sites (N-methyl/N-ethyl adjacent to an activating group) is 1. The molecule has 3 aromatic rings. The maximum absolute atomic E-state index is 4.97. The summed E-state index contributed by atoms with van der Waals surface area (Å²) >= 11 is 0. The van der Waals surface area contributed by atoms with E-state index in [4.69, 9.17) is 10.1 Å². The summed E-state index contributed by atoms with van der Waals surface area (Å²) in [7, 11) is 2.17. The Balaban J connectivity index is 1.56. The molecule has 1 saturated heterocycles. The van der Waals surface area contributed by atoms with Crippen molar-refractivity contribution in [2.24, 2.45) is 0 Å². The Morgan fingerprint density at radius 3 is 2.69 bits per heavy atom. The summed E-state index contributed by atoms with van der Waals surface area (Å²) in [5.74, 6) is 1.68. The Labute approximate surface area is 172 Å². The van der Waals surface area contributed by atoms with Gasteiger partial charge in [-0.25, -0.2) is 9.67 Å². The number of likely N-dealkylation sites (tertiary alicyclic amines) is 1. The average molecular weight is 389 g/mol. The number of aromatic nitrogens is 4. The van der Waals surface area contributed by atoms with E-state index < -0.39 is 0 Å². The molecule has 0 N–H and O–H groups in total. The minimum Gasteiger partial charge on any atom is -0.374 e. The van der Waals surface area contributed by atoms with Crippen LogP contribution in [-0.4, -0.2) is 57.9 Å². The maximum atomic E-state index is 4.97. The van der Waals surface area contributed by atoms with Crippen molar-refractivity contribution < 1.29 is 0 Å². The molecule has 0 radical (unpaired) electrons. The number of anilines is 1. The highest BCUT2D eigenvalue weighted by Crippen LogP contribution is 2.34. The largest absolute Gasteiger partial charge is 0.374 e. The van der Waals surface area contributed by atoms with Gasteiger partial charge >= 0.3 is 0 Å². The van der Waals surface area contributed by atoms with E-state index in [-0.39, 0.29) is 0 Å². The molecule has 0 atom stereocenters. The van der Waals surface area contributed by atoms with Crippen molar-refractivity contribution >= 4 is 5.69 Å². The van der Waals surface area contributed by atoms with Gasteiger partial charge in [0.1, 0.15) is 5.69 Å². The lowest BCUT2D eigenvalue weighted by Gasteiger charge is -2.31. The van der Waals surface area contributed by atoms with Crippen molar-refractivity contribution in [1.82, 2.24) is 24.6 Å². The number of hydrogen-bond donors (Lipinski definition) is 0. The molecule has 150 valence electrons. The first-order valence-electron chi connectivity index (χ1n) is 10.7. The van der Waals surface area contributed by atoms with Crippen LogP contribution in [-0.2, 0) is 6.42 Å². The highest BCUT2D eigenvalue weighted by Gasteiger charge is 2.26. The lowest BCUT2D eigenvalue weighted by atomic mass is 10.0. The second-order valence-corrected chi connectivity index (χ2v) is 8.10. The van der Waals surface area contributed by atoms with E-state index in [0.717, 1.165) is 62.5 Å². The van der Waals surface area contributed by atoms with Crippen LogP contribution < -0.4 is 4.90 Å². The second kappa shape index (κ2) is 7.59. The highest BCUT2D eigenvalue weighted by atomic mass is 15.4. The number of benzene rings is 1. The minimum atomic E-state index is 0.378. The van der Waals surface area contributed by atoms with Crippen LogP contribution in [0.25, 0.3) is 22.9 Å². The molecule has 29 heavy (non-hydrogen) atoms. The molecule has 5 rings (SSSR count). The Kier molecular flexibility index (Phi) is 4.79. The zero-order chi connectivity index (χ0) is 19.8. The number of nitrogens with zero attached hydrogens (tertiary/aromatic N) is 6. The van der Waals surface area contributed by atoms with Gasteiger partial charge in [-0.3, -0.25) is 4.98 Å². The molecule has 2 aromatic heterocycles. The van der Waals surface area contributed by atoms with Crippen molar-refractivity contribution in [1.29, 1.82) is 0 Å². The Morgan fingerprint density at radius 1 is 1.07 bits per heavy atom. The van der Waals surface area contributed by atoms with E-state index in [0.29, 0.717) is 11.9 Å². The highest BCUT2D eigenvalue weighted by molar-refractivity contribution is 5.69. The normalized spacial score (nSPS) is 17.7. The van der Waals surface area contributed by atoms with E-state index in [1.807, 2.05) is 18.2 Å². The van der Waals surface area contributed by atoms with Crippen LogP contribution in [0.1, 0.15) is 31.4 Å². The zero-order valence-electron chi connectivity index (χ0n) is 17.3. The monoisotopic (exact) mass is 388 g/mol. The molecule has 1 fully saturated rings. The van der Waals surface area contributed by atoms with Gasteiger partial charge in [0.2, 0.25) is 0 Å². The van der Waals surface area contributed by atoms with E-state index in [1.54, 1.807) is 6.20 Å². The van der Waals surface area contributed by atoms with Crippen molar-refractivity contribution in [2.75, 3.05) is 38.1 Å². The third kappa shape index (κ3) is 3.42. The van der Waals surface area contributed by atoms with Crippen molar-refractivity contribution in [2.45, 2.75) is 32.2 Å². The summed E-state index contributed by atoms with van der Waals surface area (Å²) in [5.41, 5.74) is 4.71. The van der Waals surface area contributed by atoms with Crippen molar-refractivity contribution in [3.63, 3.8) is 0 Å². The van der Waals surface area contributed by atoms with Crippen molar-refractivity contribution in [3.05, 3.63) is 48.2 Å². The molecule has 6 heteroatoms. The molecule has 4 heterocycles. The standard InChI is InChI=1S/C23H28N6/c1-3-28-14-10-19(11-15-28)29-23(25-22(26-29)20-6-4-5-12-24-20)18-8-7-17-9-13-27(2)21(17)16-18/h4-8,12,16,19H,3,9-11,13-15H2,1-2H3. The molecule has 2 aliphatic heterocycles. The van der Waals surface area contributed by atoms with Crippen LogP contribution in [0.4, 0.5) is 5.69 Å². The molecule has 1 aromatic carbocycles. The number of piperidine rings is 1. The Bertz CT molecular complexity index is 988. The van der Waals surface area contributed by atoms with E-state index in [9.17, 15) is 0 Å². The van der Waals surface area contributed by atoms with Gasteiger partial charge in [-0.05, 0) is 49.6 Å². The maximum Gasteiger partial charge on any atom is 0.200 e. The van der Waals surface area contributed by atoms with Crippen LogP contribution in [0, 0.1) is 0 Å². The van der Waals surface area contributed by atoms with Gasteiger partial charge in [0.05, 0.1) is 6.04 Å². The fourth-order valence-electron chi connectivity index (χ4n) is 4.54. The third-order valence-electron chi connectivity index (χ3n) is 6.35. The average Bonchev–Trinajstić information content (AvgIpc) is 3.39. The topological polar surface area (TPSA) is 50.1 Å². The second-order valence-electron chi connectivity index (χ2n) is 8.10. The predicted octanol–water partition coefficient (Wildman–Crippen LogP) is 3.66. The van der Waals surface area contributed by atoms with E-state index in [1.165, 1.54) is 11.3 Å². The van der Waals surface area contributed by atoms with Gasteiger partial charge in [0.15, 0.2) is 11.6 Å². The molecule has 0 saturated carbocycles. The molecular weight excluding hydrogens is 360 g/mol. The predicted molar refractivity (Wildman–Crippen MR) is 116 cm³/mol. The van der Waals surface area contributed by atoms with E-state index in [2.05, 4.69) is 51.6 Å². The first-order valence-corrected chi connectivity index (χ1v) is 10.7. The molecular formula is C23H28N6. The summed E-state index contributed by atoms with van der Waals surface area (Å²) in [6, 6.07) is 13.0. The lowest BCUT2D eigenvalue weighted by molar-refractivity contribution is 0.188. The van der Waals surface area contributed by atoms with Crippen LogP contribution in [0.3, 0.4) is 0 Å². The van der Waals surface area contributed by atoms with Gasteiger partial charge in [0, 0.05) is 44.1 Å². The van der Waals surface area contributed by atoms with Crippen LogP contribution >= 0.6 is 0 Å². The summed E-state index contributed by atoms with van der Waals surface area (Å²) < 4.78 is 2.17. The summed E-state index contributed by atoms with van der Waals surface area (Å²) in [5, 5.41) is 4.95. The number of hydrogen-bond acceptors (Lipinski definition) is 5. The van der Waals surface area contributed by atoms with Gasteiger partial charge in [-0.15, -0.1) is 5.10 Å². The van der Waals surface area contributed by atoms with Crippen LogP contribution in [0.15, 0.2) is 42.6 Å². The zero-order valence-corrected chi connectivity index (χ0v) is 17.3. The summed E-state index contributed by atoms with van der Waals surface area (Å²) in [6.45, 7) is 6.67. The van der Waals surface area contributed by atoms with E-state index >= 15 is 0 Å². The molecule has 0 amide bonds. The lowest BCUT2D eigenvalue weighted by Crippen LogP contribution is -2.34. The number of pyridine rings is 1. The Morgan fingerprint density at radius 2 is 1.93 bits per heavy atom. The first kappa shape index (κ1) is 18.3. The Hall–Kier alpha value is -2.73. The molecule has 0 bridgehead atoms. The van der Waals surface area contributed by atoms with Gasteiger partial charge in [0.25, 0.3) is 0 Å². The molecule has 0 spiro atoms. The summed E-state index contributed by atoms with van der Waals surface area (Å²) in [6.07, 6.45) is 5.14. The first-order chi connectivity index (χ1) is 14.2. The molecule has 0 unspecified atom stereocenters. The fraction of sp³-hybridized carbons (Fsp3) is 0.435. The minimum absolute atomic E-state index is 0.378. The number of fused-ring (bicyclic) bond motifs is 1. The van der Waals surface area contributed by atoms with Crippen molar-refractivity contribution in [3.8, 4) is 22.9 Å². The quantitative estimate of drug-likeness (QED) is 0.683. The van der Waals surface area contributed by atoms with Crippen LogP contribution in [0.2, 0.25) is 0 Å². The third-order valence-corrected chi connectivity index (χ3v) is 6.35. The SMILES string of the molecule is CCN1CCC(n2nc(-c3ccccn3)nc2-c2ccc3c(c2)N(C)CC3)CC1. The number of rotatable bonds is 4. The molecule has 2 aliphatic rings. The molecule has 0 aliphatic carbocycles. The van der Waals surface area contributed by atoms with Gasteiger partial charge < -0.3 is 9.80 Å². The molecule has 6 nitrogen and oxygen atoms in total. The van der Waals surface area contributed by atoms with Crippen LogP contribution in [0.5, 0.6) is 0 Å². The smallest absolute Gasteiger partial charge is 0.200 e. The summed E-state index contributed by atoms with van der Waals surface area (Å²) in [4.78, 5) is 14.3. The van der Waals surface area contributed by atoms with Gasteiger partial charge in [-0.1, -0.05) is 25.1 Å².